The molecule has 3 N–H and O–H groups in total. The minimum absolute atomic E-state index is 0.0791. The predicted octanol–water partition coefficient (Wildman–Crippen LogP) is 1.88. The Kier molecular flexibility index (Phi) is 4.82. The van der Waals surface area contributed by atoms with E-state index in [2.05, 4.69) is 26.1 Å². The Morgan fingerprint density at radius 3 is 3.00 bits per heavy atom. The van der Waals surface area contributed by atoms with E-state index in [1.165, 1.54) is 0 Å². The highest BCUT2D eigenvalue weighted by molar-refractivity contribution is 9.10. The minimum Gasteiger partial charge on any atom is -0.359 e. The molecular formula is C14H20BrN3O. The fraction of sp³-hybridized carbons (Fsp3) is 0.500. The molecule has 0 aromatic heterocycles. The fourth-order valence-corrected chi connectivity index (χ4v) is 2.84. The van der Waals surface area contributed by atoms with Crippen molar-refractivity contribution in [1.29, 1.82) is 0 Å². The largest absolute Gasteiger partial charge is 0.359 e. The van der Waals surface area contributed by atoms with Crippen LogP contribution in [0.15, 0.2) is 28.7 Å². The molecule has 104 valence electrons. The normalized spacial score (nSPS) is 23.9. The smallest absolute Gasteiger partial charge is 0.242 e. The molecule has 1 heterocycles. The molecule has 1 amide bonds. The third-order valence-corrected chi connectivity index (χ3v) is 3.94. The number of carbonyl (C=O) groups is 1. The second-order valence-corrected chi connectivity index (χ2v) is 5.88. The van der Waals surface area contributed by atoms with Gasteiger partial charge in [-0.1, -0.05) is 22.0 Å². The van der Waals surface area contributed by atoms with Crippen LogP contribution in [0.1, 0.15) is 19.8 Å². The number of nitrogens with zero attached hydrogens (tertiary/aromatic N) is 1. The SMILES string of the molecule is CC1CCN(c2cccc(Br)c2)C(CCN)C(=O)N1. The number of halogens is 1. The third kappa shape index (κ3) is 3.48. The molecule has 1 aliphatic heterocycles. The summed E-state index contributed by atoms with van der Waals surface area (Å²) in [5, 5.41) is 3.04. The Bertz CT molecular complexity index is 452. The van der Waals surface area contributed by atoms with Gasteiger partial charge >= 0.3 is 0 Å². The number of hydrogen-bond acceptors (Lipinski definition) is 3. The lowest BCUT2D eigenvalue weighted by Gasteiger charge is -2.30. The Hall–Kier alpha value is -1.07. The summed E-state index contributed by atoms with van der Waals surface area (Å²) in [5.41, 5.74) is 6.73. The van der Waals surface area contributed by atoms with Crippen molar-refractivity contribution in [2.45, 2.75) is 31.8 Å². The van der Waals surface area contributed by atoms with Crippen LogP contribution in [-0.2, 0) is 4.79 Å². The molecular weight excluding hydrogens is 306 g/mol. The van der Waals surface area contributed by atoms with Crippen LogP contribution >= 0.6 is 15.9 Å². The Labute approximate surface area is 122 Å². The standard InChI is InChI=1S/C14H20BrN3O/c1-10-6-8-18(12-4-2-3-11(15)9-12)13(5-7-16)14(19)17-10/h2-4,9-10,13H,5-8,16H2,1H3,(H,17,19). The van der Waals surface area contributed by atoms with Gasteiger partial charge in [-0.25, -0.2) is 0 Å². The van der Waals surface area contributed by atoms with Crippen LogP contribution in [0, 0.1) is 0 Å². The maximum atomic E-state index is 12.3. The van der Waals surface area contributed by atoms with Gasteiger partial charge in [0.1, 0.15) is 6.04 Å². The van der Waals surface area contributed by atoms with Gasteiger partial charge in [-0.05, 0) is 44.5 Å². The monoisotopic (exact) mass is 325 g/mol. The van der Waals surface area contributed by atoms with Crippen molar-refractivity contribution in [1.82, 2.24) is 5.32 Å². The molecule has 1 aromatic rings. The van der Waals surface area contributed by atoms with E-state index in [1.54, 1.807) is 0 Å². The molecule has 1 aromatic carbocycles. The fourth-order valence-electron chi connectivity index (χ4n) is 2.45. The number of rotatable bonds is 3. The van der Waals surface area contributed by atoms with Crippen molar-refractivity contribution in [3.8, 4) is 0 Å². The van der Waals surface area contributed by atoms with E-state index in [4.69, 9.17) is 5.73 Å². The van der Waals surface area contributed by atoms with Crippen LogP contribution in [0.4, 0.5) is 5.69 Å². The van der Waals surface area contributed by atoms with Gasteiger partial charge in [-0.3, -0.25) is 4.79 Å². The summed E-state index contributed by atoms with van der Waals surface area (Å²) in [7, 11) is 0. The van der Waals surface area contributed by atoms with E-state index >= 15 is 0 Å². The third-order valence-electron chi connectivity index (χ3n) is 3.45. The zero-order chi connectivity index (χ0) is 13.8. The number of anilines is 1. The first kappa shape index (κ1) is 14.3. The van der Waals surface area contributed by atoms with Crippen LogP contribution in [0.3, 0.4) is 0 Å². The van der Waals surface area contributed by atoms with Gasteiger partial charge < -0.3 is 16.0 Å². The lowest BCUT2D eigenvalue weighted by molar-refractivity contribution is -0.122. The number of nitrogens with two attached hydrogens (primary N) is 1. The average Bonchev–Trinajstić information content (AvgIpc) is 2.50. The van der Waals surface area contributed by atoms with Crippen LogP contribution in [0.5, 0.6) is 0 Å². The van der Waals surface area contributed by atoms with Gasteiger partial charge in [0.15, 0.2) is 0 Å². The molecule has 1 aliphatic rings. The minimum atomic E-state index is -0.177. The van der Waals surface area contributed by atoms with Gasteiger partial charge in [-0.15, -0.1) is 0 Å². The highest BCUT2D eigenvalue weighted by Gasteiger charge is 2.29. The number of benzene rings is 1. The topological polar surface area (TPSA) is 58.4 Å². The van der Waals surface area contributed by atoms with Crippen LogP contribution < -0.4 is 16.0 Å². The molecule has 2 rings (SSSR count). The highest BCUT2D eigenvalue weighted by Crippen LogP contribution is 2.24. The maximum Gasteiger partial charge on any atom is 0.242 e. The lowest BCUT2D eigenvalue weighted by atomic mass is 10.1. The molecule has 1 saturated heterocycles. The second kappa shape index (κ2) is 6.39. The summed E-state index contributed by atoms with van der Waals surface area (Å²) in [4.78, 5) is 14.4. The van der Waals surface area contributed by atoms with E-state index in [-0.39, 0.29) is 18.0 Å². The number of hydrogen-bond donors (Lipinski definition) is 2. The molecule has 0 aliphatic carbocycles. The van der Waals surface area contributed by atoms with Crippen LogP contribution in [0.25, 0.3) is 0 Å². The first-order valence-corrected chi connectivity index (χ1v) is 7.43. The quantitative estimate of drug-likeness (QED) is 0.892. The summed E-state index contributed by atoms with van der Waals surface area (Å²) >= 11 is 3.48. The van der Waals surface area contributed by atoms with Crippen LogP contribution in [0.2, 0.25) is 0 Å². The zero-order valence-corrected chi connectivity index (χ0v) is 12.7. The van der Waals surface area contributed by atoms with Crippen molar-refractivity contribution in [2.24, 2.45) is 5.73 Å². The van der Waals surface area contributed by atoms with Gasteiger partial charge in [0.05, 0.1) is 0 Å². The Morgan fingerprint density at radius 2 is 2.32 bits per heavy atom. The van der Waals surface area contributed by atoms with Crippen molar-refractivity contribution in [3.05, 3.63) is 28.7 Å². The van der Waals surface area contributed by atoms with E-state index in [0.717, 1.165) is 23.1 Å². The summed E-state index contributed by atoms with van der Waals surface area (Å²) < 4.78 is 1.02. The van der Waals surface area contributed by atoms with E-state index in [0.29, 0.717) is 13.0 Å². The Morgan fingerprint density at radius 1 is 1.53 bits per heavy atom. The number of nitrogens with one attached hydrogen (secondary N) is 1. The molecule has 0 radical (unpaired) electrons. The summed E-state index contributed by atoms with van der Waals surface area (Å²) in [6.45, 7) is 3.42. The van der Waals surface area contributed by atoms with Crippen LogP contribution in [-0.4, -0.2) is 31.1 Å². The van der Waals surface area contributed by atoms with Gasteiger partial charge in [0.2, 0.25) is 5.91 Å². The summed E-state index contributed by atoms with van der Waals surface area (Å²) in [6, 6.07) is 8.10. The van der Waals surface area contributed by atoms with Crippen molar-refractivity contribution < 1.29 is 4.79 Å². The van der Waals surface area contributed by atoms with Gasteiger partial charge in [0.25, 0.3) is 0 Å². The second-order valence-electron chi connectivity index (χ2n) is 4.96. The first-order chi connectivity index (χ1) is 9.11. The van der Waals surface area contributed by atoms with E-state index in [9.17, 15) is 4.79 Å². The number of carbonyl (C=O) groups excluding carboxylic acids is 1. The zero-order valence-electron chi connectivity index (χ0n) is 11.1. The van der Waals surface area contributed by atoms with Crippen molar-refractivity contribution >= 4 is 27.5 Å². The summed E-state index contributed by atoms with van der Waals surface area (Å²) in [6.07, 6.45) is 1.62. The molecule has 0 saturated carbocycles. The van der Waals surface area contributed by atoms with Crippen molar-refractivity contribution in [3.63, 3.8) is 0 Å². The molecule has 0 spiro atoms. The molecule has 0 bridgehead atoms. The molecule has 2 unspecified atom stereocenters. The molecule has 1 fully saturated rings. The predicted molar refractivity (Wildman–Crippen MR) is 81.2 cm³/mol. The summed E-state index contributed by atoms with van der Waals surface area (Å²) in [5.74, 6) is 0.0791. The van der Waals surface area contributed by atoms with Gasteiger partial charge in [-0.2, -0.15) is 0 Å². The van der Waals surface area contributed by atoms with E-state index in [1.807, 2.05) is 31.2 Å². The lowest BCUT2D eigenvalue weighted by Crippen LogP contribution is -2.46. The molecule has 5 heteroatoms. The van der Waals surface area contributed by atoms with E-state index < -0.39 is 0 Å². The number of amides is 1. The average molecular weight is 326 g/mol. The highest BCUT2D eigenvalue weighted by atomic mass is 79.9. The molecule has 4 nitrogen and oxygen atoms in total. The molecule has 19 heavy (non-hydrogen) atoms. The van der Waals surface area contributed by atoms with Gasteiger partial charge in [0, 0.05) is 22.7 Å². The first-order valence-electron chi connectivity index (χ1n) is 6.64. The Balaban J connectivity index is 2.30. The molecule has 2 atom stereocenters. The van der Waals surface area contributed by atoms with Crippen molar-refractivity contribution in [2.75, 3.05) is 18.0 Å². The maximum absolute atomic E-state index is 12.3.